The van der Waals surface area contributed by atoms with Crippen LogP contribution < -0.4 is 15.6 Å². The molecule has 5 rings (SSSR count). The fourth-order valence-corrected chi connectivity index (χ4v) is 8.15. The Morgan fingerprint density at radius 2 is 1.95 bits per heavy atom. The maximum absolute atomic E-state index is 13.0. The van der Waals surface area contributed by atoms with E-state index in [9.17, 15) is 34.6 Å². The van der Waals surface area contributed by atoms with Crippen molar-refractivity contribution in [2.45, 2.75) is 22.3 Å². The monoisotopic (exact) mass is 620 g/mol. The first-order valence-corrected chi connectivity index (χ1v) is 14.7. The van der Waals surface area contributed by atoms with Crippen LogP contribution in [0.4, 0.5) is 5.13 Å². The lowest BCUT2D eigenvalue weighted by Gasteiger charge is -2.49. The van der Waals surface area contributed by atoms with E-state index in [1.165, 1.54) is 17.1 Å². The maximum Gasteiger partial charge on any atom is 0.353 e. The van der Waals surface area contributed by atoms with Crippen molar-refractivity contribution < 1.29 is 39.2 Å². The van der Waals surface area contributed by atoms with Gasteiger partial charge in [0.05, 0.1) is 0 Å². The van der Waals surface area contributed by atoms with Gasteiger partial charge in [-0.2, -0.15) is 4.57 Å². The molecule has 2 aliphatic heterocycles. The normalized spacial score (nSPS) is 18.8. The Morgan fingerprint density at radius 3 is 2.58 bits per heavy atom. The van der Waals surface area contributed by atoms with Crippen LogP contribution in [0.15, 0.2) is 56.1 Å². The largest absolute Gasteiger partial charge is 0.477 e. The lowest BCUT2D eigenvalue weighted by atomic mass is 10.0. The molecule has 2 aliphatic rings. The summed E-state index contributed by atoms with van der Waals surface area (Å²) in [5.74, 6) is -3.87. The highest BCUT2D eigenvalue weighted by Crippen LogP contribution is 2.46. The average molecular weight is 621 g/mol. The van der Waals surface area contributed by atoms with Crippen molar-refractivity contribution >= 4 is 80.8 Å². The Bertz CT molecular complexity index is 1590. The van der Waals surface area contributed by atoms with Gasteiger partial charge in [-0.15, -0.1) is 23.1 Å². The number of amides is 2. The number of aliphatic carboxylic acids is 1. The molecule has 0 spiro atoms. The molecule has 0 aliphatic carbocycles. The Balaban J connectivity index is 1.35. The van der Waals surface area contributed by atoms with Gasteiger partial charge >= 0.3 is 11.9 Å². The summed E-state index contributed by atoms with van der Waals surface area (Å²) in [5.41, 5.74) is 5.22. The fraction of sp³-hybridized carbons (Fsp3) is 0.182. The van der Waals surface area contributed by atoms with Gasteiger partial charge in [0.25, 0.3) is 11.8 Å². The minimum atomic E-state index is -1.35. The first-order chi connectivity index (χ1) is 19.2. The van der Waals surface area contributed by atoms with Gasteiger partial charge < -0.3 is 26.5 Å². The van der Waals surface area contributed by atoms with E-state index in [-0.39, 0.29) is 33.7 Å². The number of anilines is 1. The van der Waals surface area contributed by atoms with Gasteiger partial charge in [0.15, 0.2) is 34.1 Å². The average Bonchev–Trinajstić information content (AvgIpc) is 3.53. The Hall–Kier alpha value is -4.00. The predicted molar refractivity (Wildman–Crippen MR) is 145 cm³/mol. The quantitative estimate of drug-likeness (QED) is 0.0742. The number of carbonyl (C=O) groups is 4. The highest BCUT2D eigenvalue weighted by molar-refractivity contribution is 8.07. The van der Waals surface area contributed by atoms with Crippen LogP contribution in [0, 0.1) is 0 Å². The number of thiazole rings is 2. The number of carboxylic acid groups (broad SMARTS) is 2. The topological polar surface area (TPSA) is 212 Å². The molecule has 1 unspecified atom stereocenters. The Labute approximate surface area is 241 Å². The van der Waals surface area contributed by atoms with Crippen molar-refractivity contribution in [1.29, 1.82) is 0 Å². The molecular weight excluding hydrogens is 603 g/mol. The van der Waals surface area contributed by atoms with E-state index < -0.39 is 40.9 Å². The third-order valence-corrected chi connectivity index (χ3v) is 10.1. The van der Waals surface area contributed by atoms with E-state index in [1.54, 1.807) is 29.1 Å². The minimum Gasteiger partial charge on any atom is -0.477 e. The van der Waals surface area contributed by atoms with Gasteiger partial charge in [0.1, 0.15) is 33.4 Å². The number of carbonyl (C=O) groups excluding carboxylic acids is 2. The molecule has 18 heteroatoms. The van der Waals surface area contributed by atoms with Gasteiger partial charge in [0.2, 0.25) is 0 Å². The number of nitrogens with one attached hydrogen (secondary N) is 1. The second-order valence-corrected chi connectivity index (χ2v) is 12.5. The zero-order valence-electron chi connectivity index (χ0n) is 20.0. The van der Waals surface area contributed by atoms with E-state index >= 15 is 0 Å². The maximum atomic E-state index is 13.0. The SMILES string of the molecule is Nc1nc(/C(=N/O)C(=O)N[C@@H]2C(=O)N3C(C(=O)O)=C(Sc4nc(C[n+]5ccccc5)c(C(=O)O)s4)CSC23)cs1. The summed E-state index contributed by atoms with van der Waals surface area (Å²) in [5, 5.41) is 35.2. The highest BCUT2D eigenvalue weighted by atomic mass is 32.2. The van der Waals surface area contributed by atoms with Crippen LogP contribution in [-0.4, -0.2) is 76.9 Å². The lowest BCUT2D eigenvalue weighted by Crippen LogP contribution is -2.71. The van der Waals surface area contributed by atoms with E-state index in [0.29, 0.717) is 14.9 Å². The van der Waals surface area contributed by atoms with Crippen LogP contribution in [0.2, 0.25) is 0 Å². The van der Waals surface area contributed by atoms with E-state index in [4.69, 9.17) is 5.73 Å². The summed E-state index contributed by atoms with van der Waals surface area (Å²) in [6.07, 6.45) is 3.54. The second-order valence-electron chi connectivity index (χ2n) is 8.17. The van der Waals surface area contributed by atoms with Crippen molar-refractivity contribution in [2.75, 3.05) is 11.5 Å². The standard InChI is InChI=1S/C22H17N7O7S4/c23-21-24-10(7-38-21)12(27-36)16(30)26-13-17(31)29-14(19(32)33)11(8-37-18(13)29)39-22-25-9(15(40-22)20(34)35)6-28-4-2-1-3-5-28/h1-5,7,13,18H,6,8H2,(H5-,23,24,26,30,32,33,34,35,36)/p+1/t13-,18?/m1/s1. The summed E-state index contributed by atoms with van der Waals surface area (Å²) in [4.78, 5) is 59.5. The number of nitrogen functional groups attached to an aromatic ring is 1. The van der Waals surface area contributed by atoms with E-state index in [1.807, 2.05) is 6.07 Å². The molecule has 0 bridgehead atoms. The molecular formula is C22H18N7O7S4+. The number of aromatic carboxylic acids is 1. The minimum absolute atomic E-state index is 0.0291. The number of hydrogen-bond donors (Lipinski definition) is 5. The van der Waals surface area contributed by atoms with Crippen LogP contribution in [0.5, 0.6) is 0 Å². The number of thioether (sulfide) groups is 2. The molecule has 0 radical (unpaired) electrons. The van der Waals surface area contributed by atoms with Crippen molar-refractivity contribution in [3.63, 3.8) is 0 Å². The summed E-state index contributed by atoms with van der Waals surface area (Å²) >= 11 is 4.17. The van der Waals surface area contributed by atoms with Gasteiger partial charge in [0, 0.05) is 28.2 Å². The fourth-order valence-electron chi connectivity index (χ4n) is 3.95. The van der Waals surface area contributed by atoms with Crippen LogP contribution in [0.3, 0.4) is 0 Å². The Morgan fingerprint density at radius 1 is 1.20 bits per heavy atom. The number of oxime groups is 1. The van der Waals surface area contributed by atoms with Crippen LogP contribution in [0.1, 0.15) is 21.1 Å². The molecule has 3 aromatic heterocycles. The molecule has 14 nitrogen and oxygen atoms in total. The molecule has 0 aromatic carbocycles. The second kappa shape index (κ2) is 11.2. The zero-order chi connectivity index (χ0) is 28.6. The number of nitrogens with two attached hydrogens (primary N) is 1. The molecule has 2 amide bonds. The lowest BCUT2D eigenvalue weighted by molar-refractivity contribution is -0.688. The molecule has 1 saturated heterocycles. The van der Waals surface area contributed by atoms with Crippen LogP contribution >= 0.6 is 46.2 Å². The molecule has 2 atom stereocenters. The summed E-state index contributed by atoms with van der Waals surface area (Å²) in [6.45, 7) is 0.208. The molecule has 0 saturated carbocycles. The smallest absolute Gasteiger partial charge is 0.353 e. The number of fused-ring (bicyclic) bond motifs is 1. The number of aromatic nitrogens is 3. The van der Waals surface area contributed by atoms with E-state index in [0.717, 1.165) is 39.3 Å². The van der Waals surface area contributed by atoms with Gasteiger partial charge in [-0.3, -0.25) is 14.5 Å². The highest BCUT2D eigenvalue weighted by Gasteiger charge is 2.54. The van der Waals surface area contributed by atoms with Crippen LogP contribution in [0.25, 0.3) is 0 Å². The number of nitrogens with zero attached hydrogens (tertiary/aromatic N) is 5. The van der Waals surface area contributed by atoms with E-state index in [2.05, 4.69) is 20.4 Å². The summed E-state index contributed by atoms with van der Waals surface area (Å²) in [7, 11) is 0. The molecule has 5 heterocycles. The first kappa shape index (κ1) is 27.6. The molecule has 6 N–H and O–H groups in total. The van der Waals surface area contributed by atoms with Crippen molar-refractivity contribution in [3.05, 3.63) is 62.8 Å². The third kappa shape index (κ3) is 5.25. The van der Waals surface area contributed by atoms with Gasteiger partial charge in [-0.1, -0.05) is 34.3 Å². The molecule has 1 fully saturated rings. The van der Waals surface area contributed by atoms with Gasteiger partial charge in [-0.05, 0) is 0 Å². The molecule has 40 heavy (non-hydrogen) atoms. The number of pyridine rings is 1. The van der Waals surface area contributed by atoms with Crippen molar-refractivity contribution in [3.8, 4) is 0 Å². The molecule has 206 valence electrons. The van der Waals surface area contributed by atoms with Crippen LogP contribution in [-0.2, 0) is 20.9 Å². The molecule has 3 aromatic rings. The zero-order valence-corrected chi connectivity index (χ0v) is 23.2. The summed E-state index contributed by atoms with van der Waals surface area (Å²) in [6, 6.07) is 4.36. The number of hydrogen-bond acceptors (Lipinski definition) is 13. The van der Waals surface area contributed by atoms with Gasteiger partial charge in [-0.25, -0.2) is 19.6 Å². The number of rotatable bonds is 9. The summed E-state index contributed by atoms with van der Waals surface area (Å²) < 4.78 is 2.09. The first-order valence-electron chi connectivity index (χ1n) is 11.2. The number of carboxylic acids is 2. The Kier molecular flexibility index (Phi) is 7.74. The number of β-lactam (4-membered cyclic amide) rings is 1. The van der Waals surface area contributed by atoms with Crippen molar-refractivity contribution in [1.82, 2.24) is 20.2 Å². The third-order valence-electron chi connectivity index (χ3n) is 5.69. The predicted octanol–water partition coefficient (Wildman–Crippen LogP) is 0.883. The van der Waals surface area contributed by atoms with Crippen molar-refractivity contribution in [2.24, 2.45) is 5.16 Å².